The van der Waals surface area contributed by atoms with Crippen LogP contribution in [0.5, 0.6) is 0 Å². The van der Waals surface area contributed by atoms with Gasteiger partial charge in [0, 0.05) is 0 Å². The second-order valence-electron chi connectivity index (χ2n) is 3.93. The van der Waals surface area contributed by atoms with Crippen LogP contribution in [0.2, 0.25) is 3.98 Å². The SMILES string of the molecule is CCC[CH2][Pb][c]1cc2ccccc2n1C. The Hall–Kier alpha value is -0.318. The Kier molecular flexibility index (Phi) is 3.83. The van der Waals surface area contributed by atoms with Crippen molar-refractivity contribution in [3.05, 3.63) is 30.3 Å². The van der Waals surface area contributed by atoms with Crippen LogP contribution in [-0.4, -0.2) is 28.8 Å². The number of aromatic nitrogens is 1. The summed E-state index contributed by atoms with van der Waals surface area (Å²) in [6.07, 6.45) is 2.77. The first-order chi connectivity index (χ1) is 7.33. The fourth-order valence-electron chi connectivity index (χ4n) is 1.85. The Morgan fingerprint density at radius 1 is 1.27 bits per heavy atom. The number of unbranched alkanes of at least 4 members (excludes halogenated alkanes) is 1. The number of hydrogen-bond acceptors (Lipinski definition) is 0. The van der Waals surface area contributed by atoms with Crippen LogP contribution in [-0.2, 0) is 7.05 Å². The van der Waals surface area contributed by atoms with Crippen LogP contribution >= 0.6 is 0 Å². The first-order valence-corrected chi connectivity index (χ1v) is 10.3. The maximum absolute atomic E-state index is 2.41. The molecule has 15 heavy (non-hydrogen) atoms. The molecule has 1 nitrogen and oxygen atoms in total. The van der Waals surface area contributed by atoms with Gasteiger partial charge in [-0.05, 0) is 0 Å². The van der Waals surface area contributed by atoms with Crippen LogP contribution in [0.4, 0.5) is 0 Å². The van der Waals surface area contributed by atoms with Crippen molar-refractivity contribution in [3.8, 4) is 0 Å². The van der Waals surface area contributed by atoms with E-state index in [-0.39, 0.29) is 0 Å². The molecule has 0 spiro atoms. The van der Waals surface area contributed by atoms with E-state index in [0.717, 1.165) is 0 Å². The third kappa shape index (κ3) is 2.44. The zero-order valence-electron chi connectivity index (χ0n) is 9.46. The van der Waals surface area contributed by atoms with E-state index < -0.39 is 24.2 Å². The fourth-order valence-corrected chi connectivity index (χ4v) is 7.30. The molecule has 1 heterocycles. The summed E-state index contributed by atoms with van der Waals surface area (Å²) >= 11 is -0.550. The van der Waals surface area contributed by atoms with E-state index in [1.807, 2.05) is 0 Å². The van der Waals surface area contributed by atoms with Gasteiger partial charge in [-0.2, -0.15) is 0 Å². The summed E-state index contributed by atoms with van der Waals surface area (Å²) in [4.78, 5) is 0. The first-order valence-electron chi connectivity index (χ1n) is 5.61. The average molecular weight is 394 g/mol. The summed E-state index contributed by atoms with van der Waals surface area (Å²) in [6.45, 7) is 2.28. The van der Waals surface area contributed by atoms with Gasteiger partial charge in [-0.3, -0.25) is 0 Å². The van der Waals surface area contributed by atoms with E-state index >= 15 is 0 Å². The zero-order valence-corrected chi connectivity index (χ0v) is 13.3. The molecule has 0 aliphatic carbocycles. The van der Waals surface area contributed by atoms with Crippen LogP contribution in [0.15, 0.2) is 30.3 Å². The molecule has 2 rings (SSSR count). The number of aryl methyl sites for hydroxylation is 1. The van der Waals surface area contributed by atoms with E-state index in [9.17, 15) is 0 Å². The molecule has 0 saturated carbocycles. The molecular weight excluding hydrogens is 377 g/mol. The van der Waals surface area contributed by atoms with E-state index in [1.54, 1.807) is 3.25 Å². The van der Waals surface area contributed by atoms with Gasteiger partial charge < -0.3 is 0 Å². The average Bonchev–Trinajstić information content (AvgIpc) is 2.57. The van der Waals surface area contributed by atoms with Gasteiger partial charge in [-0.25, -0.2) is 0 Å². The van der Waals surface area contributed by atoms with Crippen molar-refractivity contribution in [1.82, 2.24) is 4.57 Å². The Morgan fingerprint density at radius 2 is 2.07 bits per heavy atom. The maximum atomic E-state index is 2.41. The van der Waals surface area contributed by atoms with Crippen LogP contribution in [0.3, 0.4) is 0 Å². The minimum absolute atomic E-state index is 0.550. The third-order valence-corrected chi connectivity index (χ3v) is 8.41. The van der Waals surface area contributed by atoms with E-state index in [1.165, 1.54) is 27.7 Å². The van der Waals surface area contributed by atoms with Crippen LogP contribution in [0.25, 0.3) is 10.9 Å². The van der Waals surface area contributed by atoms with Crippen molar-refractivity contribution in [2.45, 2.75) is 23.7 Å². The van der Waals surface area contributed by atoms with Crippen LogP contribution in [0.1, 0.15) is 19.8 Å². The number of para-hydroxylation sites is 1. The Balaban J connectivity index is 2.24. The zero-order chi connectivity index (χ0) is 10.7. The summed E-state index contributed by atoms with van der Waals surface area (Å²) in [5.74, 6) is 0. The molecular formula is C13H17NPb. The molecule has 1 aromatic heterocycles. The standard InChI is InChI=1S/C9H8N.C4H9.Pb/c1-10-7-6-8-4-2-3-5-9(8)10;1-3-4-2;/h2-6H,1H3;1,3-4H2,2H3;. The molecule has 0 atom stereocenters. The van der Waals surface area contributed by atoms with Gasteiger partial charge >= 0.3 is 104 Å². The monoisotopic (exact) mass is 395 g/mol. The van der Waals surface area contributed by atoms with E-state index in [4.69, 9.17) is 0 Å². The summed E-state index contributed by atoms with van der Waals surface area (Å²) in [6, 6.07) is 11.1. The molecule has 0 unspecified atom stereocenters. The van der Waals surface area contributed by atoms with Crippen LogP contribution in [0, 0.1) is 0 Å². The molecule has 0 aliphatic heterocycles. The summed E-state index contributed by atoms with van der Waals surface area (Å²) in [7, 11) is 2.22. The van der Waals surface area contributed by atoms with Gasteiger partial charge in [0.1, 0.15) is 0 Å². The van der Waals surface area contributed by atoms with Crippen molar-refractivity contribution < 1.29 is 0 Å². The van der Waals surface area contributed by atoms with Crippen molar-refractivity contribution >= 4 is 38.4 Å². The number of rotatable bonds is 4. The summed E-state index contributed by atoms with van der Waals surface area (Å²) in [5, 5.41) is 1.42. The molecule has 0 aliphatic rings. The molecule has 78 valence electrons. The Labute approximate surface area is 104 Å². The molecule has 2 heteroatoms. The fraction of sp³-hybridized carbons (Fsp3) is 0.385. The predicted molar refractivity (Wildman–Crippen MR) is 68.0 cm³/mol. The van der Waals surface area contributed by atoms with Gasteiger partial charge in [0.05, 0.1) is 0 Å². The summed E-state index contributed by atoms with van der Waals surface area (Å²) in [5.41, 5.74) is 1.40. The van der Waals surface area contributed by atoms with Crippen molar-refractivity contribution in [2.75, 3.05) is 0 Å². The van der Waals surface area contributed by atoms with Gasteiger partial charge in [0.25, 0.3) is 0 Å². The van der Waals surface area contributed by atoms with Crippen molar-refractivity contribution in [3.63, 3.8) is 0 Å². The number of nitrogens with zero attached hydrogens (tertiary/aromatic N) is 1. The Morgan fingerprint density at radius 3 is 2.80 bits per heavy atom. The topological polar surface area (TPSA) is 4.93 Å². The predicted octanol–water partition coefficient (Wildman–Crippen LogP) is 2.73. The molecule has 0 amide bonds. The quantitative estimate of drug-likeness (QED) is 0.555. The third-order valence-electron chi connectivity index (χ3n) is 2.79. The molecule has 2 aromatic rings. The molecule has 2 radical (unpaired) electrons. The first kappa shape index (κ1) is 11.2. The Bertz CT molecular complexity index is 445. The second-order valence-corrected chi connectivity index (χ2v) is 9.24. The van der Waals surface area contributed by atoms with Crippen molar-refractivity contribution in [1.29, 1.82) is 0 Å². The minimum atomic E-state index is -0.550. The molecule has 1 aromatic carbocycles. The van der Waals surface area contributed by atoms with Gasteiger partial charge in [-0.1, -0.05) is 0 Å². The molecule has 0 bridgehead atoms. The second kappa shape index (κ2) is 5.14. The van der Waals surface area contributed by atoms with E-state index in [2.05, 4.69) is 48.9 Å². The molecule has 0 saturated heterocycles. The van der Waals surface area contributed by atoms with Crippen molar-refractivity contribution in [2.24, 2.45) is 7.05 Å². The van der Waals surface area contributed by atoms with Gasteiger partial charge in [0.2, 0.25) is 0 Å². The van der Waals surface area contributed by atoms with E-state index in [0.29, 0.717) is 0 Å². The number of hydrogen-bond donors (Lipinski definition) is 0. The molecule has 0 N–H and O–H groups in total. The number of benzene rings is 1. The van der Waals surface area contributed by atoms with Crippen LogP contribution < -0.4 is 3.25 Å². The molecule has 0 fully saturated rings. The van der Waals surface area contributed by atoms with Gasteiger partial charge in [-0.15, -0.1) is 0 Å². The number of fused-ring (bicyclic) bond motifs is 1. The van der Waals surface area contributed by atoms with Gasteiger partial charge in [0.15, 0.2) is 0 Å². The summed E-state index contributed by atoms with van der Waals surface area (Å²) < 4.78 is 5.57. The normalized spacial score (nSPS) is 11.1.